The van der Waals surface area contributed by atoms with Crippen molar-refractivity contribution in [3.8, 4) is 0 Å². The van der Waals surface area contributed by atoms with Crippen molar-refractivity contribution in [3.05, 3.63) is 18.0 Å². The standard InChI is InChI=1S/C13H18F3N3/c1-8-3-4-9(2)19(7-8)11-5-12(13(14,15)16)18-6-10(11)17/h5-6,8-9H,3-4,7,17H2,1-2H3. The fraction of sp³-hybridized carbons (Fsp3) is 0.615. The van der Waals surface area contributed by atoms with Crippen molar-refractivity contribution in [1.29, 1.82) is 0 Å². The maximum absolute atomic E-state index is 12.7. The van der Waals surface area contributed by atoms with E-state index in [0.29, 0.717) is 17.3 Å². The molecule has 0 amide bonds. The molecule has 1 saturated heterocycles. The average molecular weight is 273 g/mol. The lowest BCUT2D eigenvalue weighted by atomic mass is 9.94. The first-order valence-corrected chi connectivity index (χ1v) is 6.38. The molecule has 6 heteroatoms. The Morgan fingerprint density at radius 3 is 2.63 bits per heavy atom. The highest BCUT2D eigenvalue weighted by molar-refractivity contribution is 5.67. The van der Waals surface area contributed by atoms with Crippen LogP contribution in [0.1, 0.15) is 32.4 Å². The van der Waals surface area contributed by atoms with Crippen LogP contribution in [0, 0.1) is 5.92 Å². The molecule has 1 aromatic heterocycles. The minimum absolute atomic E-state index is 0.196. The summed E-state index contributed by atoms with van der Waals surface area (Å²) in [6.45, 7) is 4.84. The quantitative estimate of drug-likeness (QED) is 0.853. The third-order valence-electron chi connectivity index (χ3n) is 3.63. The second kappa shape index (κ2) is 4.90. The molecule has 2 unspecified atom stereocenters. The molecule has 0 bridgehead atoms. The Kier molecular flexibility index (Phi) is 3.60. The van der Waals surface area contributed by atoms with E-state index in [1.165, 1.54) is 0 Å². The summed E-state index contributed by atoms with van der Waals surface area (Å²) in [5.74, 6) is 0.457. The molecule has 1 aromatic rings. The van der Waals surface area contributed by atoms with Crippen LogP contribution in [0.3, 0.4) is 0 Å². The molecular formula is C13H18F3N3. The third kappa shape index (κ3) is 2.93. The summed E-state index contributed by atoms with van der Waals surface area (Å²) >= 11 is 0. The molecule has 0 spiro atoms. The Balaban J connectivity index is 2.37. The fourth-order valence-corrected chi connectivity index (χ4v) is 2.48. The Morgan fingerprint density at radius 2 is 2.00 bits per heavy atom. The third-order valence-corrected chi connectivity index (χ3v) is 3.63. The number of hydrogen-bond acceptors (Lipinski definition) is 3. The van der Waals surface area contributed by atoms with E-state index in [2.05, 4.69) is 11.9 Å². The summed E-state index contributed by atoms with van der Waals surface area (Å²) in [4.78, 5) is 5.33. The zero-order chi connectivity index (χ0) is 14.2. The molecular weight excluding hydrogens is 255 g/mol. The summed E-state index contributed by atoms with van der Waals surface area (Å²) in [6, 6.07) is 1.26. The van der Waals surface area contributed by atoms with Crippen molar-refractivity contribution in [2.24, 2.45) is 5.92 Å². The van der Waals surface area contributed by atoms with Gasteiger partial charge in [0.15, 0.2) is 0 Å². The van der Waals surface area contributed by atoms with Gasteiger partial charge < -0.3 is 10.6 Å². The van der Waals surface area contributed by atoms with Crippen molar-refractivity contribution in [3.63, 3.8) is 0 Å². The van der Waals surface area contributed by atoms with Crippen LogP contribution < -0.4 is 10.6 Å². The van der Waals surface area contributed by atoms with Crippen LogP contribution in [0.5, 0.6) is 0 Å². The Hall–Kier alpha value is -1.46. The molecule has 2 N–H and O–H groups in total. The molecule has 1 aliphatic rings. The molecule has 0 aromatic carbocycles. The number of hydrogen-bond donors (Lipinski definition) is 1. The Morgan fingerprint density at radius 1 is 1.32 bits per heavy atom. The van der Waals surface area contributed by atoms with E-state index in [9.17, 15) is 13.2 Å². The number of rotatable bonds is 1. The summed E-state index contributed by atoms with van der Waals surface area (Å²) in [6.07, 6.45) is -1.28. The van der Waals surface area contributed by atoms with Crippen LogP contribution >= 0.6 is 0 Å². The number of pyridine rings is 1. The second-order valence-electron chi connectivity index (χ2n) is 5.31. The molecule has 19 heavy (non-hydrogen) atoms. The van der Waals surface area contributed by atoms with Crippen LogP contribution in [0.15, 0.2) is 12.3 Å². The van der Waals surface area contributed by atoms with Gasteiger partial charge in [-0.1, -0.05) is 6.92 Å². The maximum Gasteiger partial charge on any atom is 0.433 e. The molecule has 2 heterocycles. The number of alkyl halides is 3. The average Bonchev–Trinajstić information content (AvgIpc) is 2.32. The van der Waals surface area contributed by atoms with Crippen molar-refractivity contribution in [2.75, 3.05) is 17.2 Å². The first kappa shape index (κ1) is 14.0. The molecule has 0 radical (unpaired) electrons. The van der Waals surface area contributed by atoms with Crippen LogP contribution in [-0.2, 0) is 6.18 Å². The van der Waals surface area contributed by atoms with Gasteiger partial charge in [0.2, 0.25) is 0 Å². The van der Waals surface area contributed by atoms with Gasteiger partial charge in [0.05, 0.1) is 17.6 Å². The summed E-state index contributed by atoms with van der Waals surface area (Å²) < 4.78 is 38.2. The van der Waals surface area contributed by atoms with Gasteiger partial charge in [-0.15, -0.1) is 0 Å². The van der Waals surface area contributed by atoms with Gasteiger partial charge in [-0.25, -0.2) is 4.98 Å². The van der Waals surface area contributed by atoms with Crippen LogP contribution in [-0.4, -0.2) is 17.6 Å². The first-order valence-electron chi connectivity index (χ1n) is 6.38. The van der Waals surface area contributed by atoms with Crippen molar-refractivity contribution >= 4 is 11.4 Å². The van der Waals surface area contributed by atoms with Gasteiger partial charge in [-0.05, 0) is 31.7 Å². The molecule has 1 fully saturated rings. The highest BCUT2D eigenvalue weighted by atomic mass is 19.4. The largest absolute Gasteiger partial charge is 0.433 e. The number of anilines is 2. The topological polar surface area (TPSA) is 42.2 Å². The number of nitrogens with zero attached hydrogens (tertiary/aromatic N) is 2. The zero-order valence-corrected chi connectivity index (χ0v) is 11.0. The fourth-order valence-electron chi connectivity index (χ4n) is 2.48. The molecule has 106 valence electrons. The summed E-state index contributed by atoms with van der Waals surface area (Å²) in [5.41, 5.74) is 5.66. The summed E-state index contributed by atoms with van der Waals surface area (Å²) in [7, 11) is 0. The van der Waals surface area contributed by atoms with E-state index < -0.39 is 11.9 Å². The lowest BCUT2D eigenvalue weighted by Gasteiger charge is -2.39. The molecule has 0 saturated carbocycles. The number of nitrogen functional groups attached to an aromatic ring is 1. The number of halogens is 3. The van der Waals surface area contributed by atoms with Crippen LogP contribution in [0.25, 0.3) is 0 Å². The smallest absolute Gasteiger partial charge is 0.396 e. The number of nitrogens with two attached hydrogens (primary N) is 1. The predicted molar refractivity (Wildman–Crippen MR) is 68.9 cm³/mol. The lowest BCUT2D eigenvalue weighted by molar-refractivity contribution is -0.141. The van der Waals surface area contributed by atoms with E-state index >= 15 is 0 Å². The first-order chi connectivity index (χ1) is 8.79. The van der Waals surface area contributed by atoms with E-state index in [4.69, 9.17) is 5.73 Å². The molecule has 2 atom stereocenters. The van der Waals surface area contributed by atoms with Crippen LogP contribution in [0.4, 0.5) is 24.5 Å². The van der Waals surface area contributed by atoms with E-state index in [1.54, 1.807) is 0 Å². The van der Waals surface area contributed by atoms with Crippen LogP contribution in [0.2, 0.25) is 0 Å². The zero-order valence-electron chi connectivity index (χ0n) is 11.0. The van der Waals surface area contributed by atoms with Gasteiger partial charge in [0.25, 0.3) is 0 Å². The summed E-state index contributed by atoms with van der Waals surface area (Å²) in [5, 5.41) is 0. The lowest BCUT2D eigenvalue weighted by Crippen LogP contribution is -2.41. The van der Waals surface area contributed by atoms with Gasteiger partial charge >= 0.3 is 6.18 Å². The van der Waals surface area contributed by atoms with Gasteiger partial charge in [0, 0.05) is 12.6 Å². The predicted octanol–water partition coefficient (Wildman–Crippen LogP) is 3.31. The van der Waals surface area contributed by atoms with Gasteiger partial charge in [-0.3, -0.25) is 0 Å². The van der Waals surface area contributed by atoms with Crippen molar-refractivity contribution in [1.82, 2.24) is 4.98 Å². The minimum Gasteiger partial charge on any atom is -0.396 e. The van der Waals surface area contributed by atoms with Crippen molar-refractivity contribution in [2.45, 2.75) is 38.9 Å². The molecule has 3 nitrogen and oxygen atoms in total. The van der Waals surface area contributed by atoms with E-state index in [1.807, 2.05) is 11.8 Å². The van der Waals surface area contributed by atoms with Crippen molar-refractivity contribution < 1.29 is 13.2 Å². The van der Waals surface area contributed by atoms with E-state index in [0.717, 1.165) is 31.6 Å². The molecule has 1 aliphatic heterocycles. The SMILES string of the molecule is CC1CCC(C)N(c2cc(C(F)(F)F)ncc2N)C1. The second-order valence-corrected chi connectivity index (χ2v) is 5.31. The van der Waals surface area contributed by atoms with E-state index in [-0.39, 0.29) is 6.04 Å². The Bertz CT molecular complexity index is 459. The van der Waals surface area contributed by atoms with Gasteiger partial charge in [-0.2, -0.15) is 13.2 Å². The Labute approximate surface area is 110 Å². The van der Waals surface area contributed by atoms with Gasteiger partial charge in [0.1, 0.15) is 5.69 Å². The monoisotopic (exact) mass is 273 g/mol. The maximum atomic E-state index is 12.7. The molecule has 2 rings (SSSR count). The highest BCUT2D eigenvalue weighted by Crippen LogP contribution is 2.35. The minimum atomic E-state index is -4.44. The highest BCUT2D eigenvalue weighted by Gasteiger charge is 2.34. The number of aromatic nitrogens is 1. The normalized spacial score (nSPS) is 24.6. The number of piperidine rings is 1. The molecule has 0 aliphatic carbocycles.